The number of rotatable bonds is 4. The Morgan fingerprint density at radius 1 is 0.909 bits per heavy atom. The number of carbonyl (C=O) groups excluding carboxylic acids is 2. The van der Waals surface area contributed by atoms with Crippen molar-refractivity contribution >= 4 is 17.4 Å². The Morgan fingerprint density at radius 3 is 2.27 bits per heavy atom. The van der Waals surface area contributed by atoms with Crippen LogP contribution in [0.1, 0.15) is 38.9 Å². The van der Waals surface area contributed by atoms with Crippen LogP contribution in [0, 0.1) is 11.8 Å². The number of ether oxygens (including phenoxy) is 1. The Balaban J connectivity index is 1.45. The highest BCUT2D eigenvalue weighted by molar-refractivity contribution is 5.95. The van der Waals surface area contributed by atoms with Crippen LogP contribution in [0.4, 0.5) is 5.69 Å². The zero-order chi connectivity index (χ0) is 23.2. The number of benzene rings is 2. The number of hydrogen-bond acceptors (Lipinski definition) is 5. The highest BCUT2D eigenvalue weighted by Crippen LogP contribution is 2.22. The second-order valence-electron chi connectivity index (χ2n) is 7.76. The summed E-state index contributed by atoms with van der Waals surface area (Å²) < 4.78 is 5.42. The van der Waals surface area contributed by atoms with Crippen molar-refractivity contribution in [1.82, 2.24) is 9.88 Å². The van der Waals surface area contributed by atoms with E-state index in [1.54, 1.807) is 38.4 Å². The first-order valence-corrected chi connectivity index (χ1v) is 10.8. The molecule has 0 aliphatic carbocycles. The van der Waals surface area contributed by atoms with E-state index in [9.17, 15) is 9.59 Å². The predicted octanol–water partition coefficient (Wildman–Crippen LogP) is 3.66. The summed E-state index contributed by atoms with van der Waals surface area (Å²) in [5.41, 5.74) is 3.65. The van der Waals surface area contributed by atoms with Crippen molar-refractivity contribution in [3.05, 3.63) is 89.2 Å². The average molecular weight is 440 g/mol. The van der Waals surface area contributed by atoms with Crippen LogP contribution in [0.3, 0.4) is 0 Å². The molecule has 3 aromatic rings. The smallest absolute Gasteiger partial charge is 0.254 e. The summed E-state index contributed by atoms with van der Waals surface area (Å²) >= 11 is 0. The summed E-state index contributed by atoms with van der Waals surface area (Å²) in [7, 11) is 1.59. The Labute approximate surface area is 193 Å². The monoisotopic (exact) mass is 439 g/mol. The van der Waals surface area contributed by atoms with Gasteiger partial charge in [0.05, 0.1) is 12.7 Å². The third-order valence-electron chi connectivity index (χ3n) is 5.64. The number of amides is 1. The third-order valence-corrected chi connectivity index (χ3v) is 5.64. The fraction of sp³-hybridized carbons (Fsp3) is 0.222. The number of methoxy groups -OCH3 is 1. The molecule has 0 atom stereocenters. The van der Waals surface area contributed by atoms with Gasteiger partial charge in [0.2, 0.25) is 0 Å². The minimum absolute atomic E-state index is 0.0230. The molecule has 1 fully saturated rings. The quantitative estimate of drug-likeness (QED) is 0.459. The van der Waals surface area contributed by atoms with Gasteiger partial charge in [-0.2, -0.15) is 0 Å². The van der Waals surface area contributed by atoms with Gasteiger partial charge in [0, 0.05) is 49.2 Å². The Morgan fingerprint density at radius 2 is 1.64 bits per heavy atom. The van der Waals surface area contributed by atoms with E-state index in [0.717, 1.165) is 18.8 Å². The lowest BCUT2D eigenvalue weighted by Gasteiger charge is -2.36. The summed E-state index contributed by atoms with van der Waals surface area (Å²) in [6, 6.07) is 18.5. The minimum atomic E-state index is -0.0230. The van der Waals surface area contributed by atoms with Gasteiger partial charge in [-0.25, -0.2) is 4.98 Å². The van der Waals surface area contributed by atoms with E-state index in [2.05, 4.69) is 21.7 Å². The summed E-state index contributed by atoms with van der Waals surface area (Å²) in [6.45, 7) is 4.26. The van der Waals surface area contributed by atoms with Crippen LogP contribution in [0.2, 0.25) is 0 Å². The first-order valence-electron chi connectivity index (χ1n) is 10.8. The first kappa shape index (κ1) is 22.1. The SMILES string of the molecule is COc1ccc(C(=O)N2CCN(c3ccc(C(C)=O)cc3)CC2)cc1C#Cc1ccccn1. The van der Waals surface area contributed by atoms with E-state index >= 15 is 0 Å². The molecule has 0 unspecified atom stereocenters. The normalized spacial score (nSPS) is 13.2. The summed E-state index contributed by atoms with van der Waals surface area (Å²) in [5, 5.41) is 0. The molecule has 0 radical (unpaired) electrons. The number of pyridine rings is 1. The largest absolute Gasteiger partial charge is 0.495 e. The lowest BCUT2D eigenvalue weighted by Crippen LogP contribution is -2.48. The molecule has 33 heavy (non-hydrogen) atoms. The van der Waals surface area contributed by atoms with Crippen molar-refractivity contribution < 1.29 is 14.3 Å². The second kappa shape index (κ2) is 10.0. The first-order chi connectivity index (χ1) is 16.0. The summed E-state index contributed by atoms with van der Waals surface area (Å²) in [6.07, 6.45) is 1.69. The molecule has 6 heteroatoms. The number of carbonyl (C=O) groups is 2. The van der Waals surface area contributed by atoms with Crippen LogP contribution in [0.25, 0.3) is 0 Å². The molecule has 2 heterocycles. The predicted molar refractivity (Wildman–Crippen MR) is 128 cm³/mol. The molecular weight excluding hydrogens is 414 g/mol. The lowest BCUT2D eigenvalue weighted by molar-refractivity contribution is 0.0746. The molecule has 0 bridgehead atoms. The van der Waals surface area contributed by atoms with Crippen LogP contribution in [0.15, 0.2) is 66.9 Å². The standard InChI is InChI=1S/C27H25N3O3/c1-20(31)21-7-11-25(12-8-21)29-15-17-30(18-16-29)27(32)23-9-13-26(33-2)22(19-23)6-10-24-5-3-4-14-28-24/h3-5,7-9,11-14,19H,15-18H2,1-2H3. The van der Waals surface area contributed by atoms with Crippen molar-refractivity contribution in [2.45, 2.75) is 6.92 Å². The molecule has 0 spiro atoms. The molecular formula is C27H25N3O3. The molecule has 0 N–H and O–H groups in total. The van der Waals surface area contributed by atoms with Crippen LogP contribution >= 0.6 is 0 Å². The van der Waals surface area contributed by atoms with Crippen molar-refractivity contribution in [3.63, 3.8) is 0 Å². The number of piperazine rings is 1. The van der Waals surface area contributed by atoms with E-state index in [1.165, 1.54) is 0 Å². The summed E-state index contributed by atoms with van der Waals surface area (Å²) in [4.78, 5) is 32.9. The fourth-order valence-electron chi connectivity index (χ4n) is 3.76. The zero-order valence-electron chi connectivity index (χ0n) is 18.7. The maximum Gasteiger partial charge on any atom is 0.254 e. The zero-order valence-corrected chi connectivity index (χ0v) is 18.7. The van der Waals surface area contributed by atoms with Gasteiger partial charge < -0.3 is 14.5 Å². The van der Waals surface area contributed by atoms with Crippen LogP contribution in [-0.4, -0.2) is 54.9 Å². The highest BCUT2D eigenvalue weighted by atomic mass is 16.5. The molecule has 1 aliphatic rings. The molecule has 1 aromatic heterocycles. The second-order valence-corrected chi connectivity index (χ2v) is 7.76. The number of hydrogen-bond donors (Lipinski definition) is 0. The molecule has 1 saturated heterocycles. The van der Waals surface area contributed by atoms with Gasteiger partial charge in [-0.3, -0.25) is 9.59 Å². The Bertz CT molecular complexity index is 1200. The molecule has 4 rings (SSSR count). The average Bonchev–Trinajstić information content (AvgIpc) is 2.87. The van der Waals surface area contributed by atoms with Crippen LogP contribution in [-0.2, 0) is 0 Å². The van der Waals surface area contributed by atoms with Gasteiger partial charge >= 0.3 is 0 Å². The van der Waals surface area contributed by atoms with Gasteiger partial charge in [0.25, 0.3) is 5.91 Å². The third kappa shape index (κ3) is 5.21. The van der Waals surface area contributed by atoms with Gasteiger partial charge in [0.1, 0.15) is 11.4 Å². The Kier molecular flexibility index (Phi) is 6.70. The van der Waals surface area contributed by atoms with Gasteiger partial charge in [-0.15, -0.1) is 0 Å². The van der Waals surface area contributed by atoms with E-state index in [1.807, 2.05) is 47.4 Å². The molecule has 2 aromatic carbocycles. The number of aromatic nitrogens is 1. The maximum atomic E-state index is 13.2. The highest BCUT2D eigenvalue weighted by Gasteiger charge is 2.23. The van der Waals surface area contributed by atoms with E-state index in [0.29, 0.717) is 41.2 Å². The number of anilines is 1. The van der Waals surface area contributed by atoms with E-state index in [-0.39, 0.29) is 11.7 Å². The lowest BCUT2D eigenvalue weighted by atomic mass is 10.1. The number of Topliss-reactive ketones (excluding diaryl/α,β-unsaturated/α-hetero) is 1. The maximum absolute atomic E-state index is 13.2. The van der Waals surface area contributed by atoms with E-state index in [4.69, 9.17) is 4.74 Å². The molecule has 6 nitrogen and oxygen atoms in total. The Hall–Kier alpha value is -4.11. The van der Waals surface area contributed by atoms with Gasteiger partial charge in [-0.1, -0.05) is 12.0 Å². The summed E-state index contributed by atoms with van der Waals surface area (Å²) in [5.74, 6) is 6.75. The van der Waals surface area contributed by atoms with Gasteiger partial charge in [0.15, 0.2) is 5.78 Å². The molecule has 1 amide bonds. The molecule has 0 saturated carbocycles. The van der Waals surface area contributed by atoms with E-state index < -0.39 is 0 Å². The van der Waals surface area contributed by atoms with Crippen LogP contribution in [0.5, 0.6) is 5.75 Å². The fourth-order valence-corrected chi connectivity index (χ4v) is 3.76. The van der Waals surface area contributed by atoms with Crippen molar-refractivity contribution in [3.8, 4) is 17.6 Å². The molecule has 166 valence electrons. The van der Waals surface area contributed by atoms with Gasteiger partial charge in [-0.05, 0) is 67.4 Å². The van der Waals surface area contributed by atoms with Crippen molar-refractivity contribution in [1.29, 1.82) is 0 Å². The minimum Gasteiger partial charge on any atom is -0.495 e. The number of ketones is 1. The van der Waals surface area contributed by atoms with Crippen molar-refractivity contribution in [2.75, 3.05) is 38.2 Å². The van der Waals surface area contributed by atoms with Crippen LogP contribution < -0.4 is 9.64 Å². The topological polar surface area (TPSA) is 62.7 Å². The number of nitrogens with zero attached hydrogens (tertiary/aromatic N) is 3. The molecule has 1 aliphatic heterocycles. The van der Waals surface area contributed by atoms with Crippen molar-refractivity contribution in [2.24, 2.45) is 0 Å².